The Balaban J connectivity index is 1.71. The first-order valence-corrected chi connectivity index (χ1v) is 7.69. The number of ether oxygens (including phenoxy) is 1. The Morgan fingerprint density at radius 2 is 1.80 bits per heavy atom. The quantitative estimate of drug-likeness (QED) is 0.925. The van der Waals surface area contributed by atoms with E-state index in [0.29, 0.717) is 11.4 Å². The predicted molar refractivity (Wildman–Crippen MR) is 87.6 cm³/mol. The first-order valence-electron chi connectivity index (χ1n) is 7.69. The van der Waals surface area contributed by atoms with Crippen LogP contribution in [0.1, 0.15) is 16.8 Å². The zero-order valence-electron chi connectivity index (χ0n) is 13.5. The largest absolute Gasteiger partial charge is 0.497 e. The monoisotopic (exact) mass is 346 g/mol. The molecule has 3 rings (SSSR count). The Hall–Kier alpha value is -2.96. The predicted octanol–water partition coefficient (Wildman–Crippen LogP) is 2.51. The molecule has 130 valence electrons. The fourth-order valence-electron chi connectivity index (χ4n) is 2.79. The van der Waals surface area contributed by atoms with Crippen LogP contribution in [0.5, 0.6) is 5.75 Å². The van der Waals surface area contributed by atoms with Crippen LogP contribution in [0.4, 0.5) is 14.5 Å². The molecule has 1 atom stereocenters. The third-order valence-corrected chi connectivity index (χ3v) is 4.03. The molecule has 0 saturated carbocycles. The molecule has 25 heavy (non-hydrogen) atoms. The summed E-state index contributed by atoms with van der Waals surface area (Å²) >= 11 is 0. The van der Waals surface area contributed by atoms with E-state index in [9.17, 15) is 18.4 Å². The second-order valence-electron chi connectivity index (χ2n) is 5.67. The molecular formula is C18H16F2N2O3. The van der Waals surface area contributed by atoms with Gasteiger partial charge in [-0.25, -0.2) is 8.78 Å². The van der Waals surface area contributed by atoms with E-state index in [2.05, 4.69) is 5.32 Å². The fourth-order valence-corrected chi connectivity index (χ4v) is 2.79. The number of benzene rings is 2. The van der Waals surface area contributed by atoms with Crippen LogP contribution in [-0.4, -0.2) is 31.5 Å². The minimum absolute atomic E-state index is 0.0633. The van der Waals surface area contributed by atoms with Crippen molar-refractivity contribution in [3.05, 3.63) is 59.7 Å². The average molecular weight is 346 g/mol. The molecule has 1 N–H and O–H groups in total. The van der Waals surface area contributed by atoms with Gasteiger partial charge in [-0.3, -0.25) is 9.59 Å². The maximum Gasteiger partial charge on any atom is 0.257 e. The lowest BCUT2D eigenvalue weighted by atomic mass is 10.1. The minimum atomic E-state index is -0.936. The third-order valence-electron chi connectivity index (χ3n) is 4.03. The number of nitrogens with zero attached hydrogens (tertiary/aromatic N) is 1. The summed E-state index contributed by atoms with van der Waals surface area (Å²) in [7, 11) is 1.55. The highest BCUT2D eigenvalue weighted by Gasteiger charge is 2.32. The van der Waals surface area contributed by atoms with E-state index in [4.69, 9.17) is 4.74 Å². The molecule has 1 aliphatic heterocycles. The van der Waals surface area contributed by atoms with Gasteiger partial charge in [0.2, 0.25) is 5.91 Å². The minimum Gasteiger partial charge on any atom is -0.497 e. The van der Waals surface area contributed by atoms with E-state index in [-0.39, 0.29) is 18.9 Å². The standard InChI is InChI=1S/C18H16F2N2O3/c1-25-13-7-5-12(6-8-13)22-10-11(9-16(22)23)21-18(24)17-14(19)3-2-4-15(17)20/h2-8,11H,9-10H2,1H3,(H,21,24)/t11-/m0/s1. The second-order valence-corrected chi connectivity index (χ2v) is 5.67. The topological polar surface area (TPSA) is 58.6 Å². The number of hydrogen-bond donors (Lipinski definition) is 1. The molecule has 0 aromatic heterocycles. The lowest BCUT2D eigenvalue weighted by Crippen LogP contribution is -2.38. The summed E-state index contributed by atoms with van der Waals surface area (Å²) in [4.78, 5) is 25.8. The smallest absolute Gasteiger partial charge is 0.257 e. The molecule has 0 radical (unpaired) electrons. The van der Waals surface area contributed by atoms with Crippen molar-refractivity contribution in [3.8, 4) is 5.75 Å². The molecule has 1 saturated heterocycles. The van der Waals surface area contributed by atoms with Crippen LogP contribution in [-0.2, 0) is 4.79 Å². The molecule has 0 spiro atoms. The van der Waals surface area contributed by atoms with E-state index in [1.54, 1.807) is 31.4 Å². The van der Waals surface area contributed by atoms with Crippen molar-refractivity contribution in [2.45, 2.75) is 12.5 Å². The first-order chi connectivity index (χ1) is 12.0. The van der Waals surface area contributed by atoms with Crippen LogP contribution >= 0.6 is 0 Å². The van der Waals surface area contributed by atoms with Gasteiger partial charge in [-0.15, -0.1) is 0 Å². The van der Waals surface area contributed by atoms with Crippen molar-refractivity contribution in [1.82, 2.24) is 5.32 Å². The summed E-state index contributed by atoms with van der Waals surface area (Å²) in [6.07, 6.45) is 0.0633. The molecule has 5 nitrogen and oxygen atoms in total. The number of nitrogens with one attached hydrogen (secondary N) is 1. The van der Waals surface area contributed by atoms with Crippen LogP contribution < -0.4 is 15.0 Å². The molecule has 1 fully saturated rings. The van der Waals surface area contributed by atoms with Gasteiger partial charge in [0.25, 0.3) is 5.91 Å². The molecule has 1 heterocycles. The van der Waals surface area contributed by atoms with E-state index in [1.807, 2.05) is 0 Å². The maximum atomic E-state index is 13.7. The first kappa shape index (κ1) is 16.9. The Morgan fingerprint density at radius 1 is 1.16 bits per heavy atom. The molecular weight excluding hydrogens is 330 g/mol. The van der Waals surface area contributed by atoms with Crippen molar-refractivity contribution >= 4 is 17.5 Å². The molecule has 0 aliphatic carbocycles. The third kappa shape index (κ3) is 3.45. The second kappa shape index (κ2) is 6.88. The van der Waals surface area contributed by atoms with Crippen LogP contribution in [0.2, 0.25) is 0 Å². The van der Waals surface area contributed by atoms with Crippen molar-refractivity contribution in [3.63, 3.8) is 0 Å². The van der Waals surface area contributed by atoms with Gasteiger partial charge >= 0.3 is 0 Å². The maximum absolute atomic E-state index is 13.7. The molecule has 1 aliphatic rings. The van der Waals surface area contributed by atoms with E-state index < -0.39 is 29.1 Å². The van der Waals surface area contributed by atoms with Gasteiger partial charge < -0.3 is 15.0 Å². The van der Waals surface area contributed by atoms with Gasteiger partial charge in [0, 0.05) is 18.7 Å². The van der Waals surface area contributed by atoms with Crippen molar-refractivity contribution in [2.75, 3.05) is 18.6 Å². The van der Waals surface area contributed by atoms with Gasteiger partial charge in [0.05, 0.1) is 13.2 Å². The van der Waals surface area contributed by atoms with Crippen molar-refractivity contribution < 1.29 is 23.1 Å². The van der Waals surface area contributed by atoms with Crippen molar-refractivity contribution in [2.24, 2.45) is 0 Å². The van der Waals surface area contributed by atoms with Crippen LogP contribution in [0.3, 0.4) is 0 Å². The highest BCUT2D eigenvalue weighted by molar-refractivity contribution is 5.99. The Morgan fingerprint density at radius 3 is 2.40 bits per heavy atom. The SMILES string of the molecule is COc1ccc(N2C[C@@H](NC(=O)c3c(F)cccc3F)CC2=O)cc1. The van der Waals surface area contributed by atoms with E-state index >= 15 is 0 Å². The Kier molecular flexibility index (Phi) is 4.65. The summed E-state index contributed by atoms with van der Waals surface area (Å²) in [5, 5.41) is 2.52. The molecule has 2 amide bonds. The lowest BCUT2D eigenvalue weighted by molar-refractivity contribution is -0.117. The van der Waals surface area contributed by atoms with Gasteiger partial charge in [0.15, 0.2) is 0 Å². The fraction of sp³-hybridized carbons (Fsp3) is 0.222. The molecule has 0 bridgehead atoms. The lowest BCUT2D eigenvalue weighted by Gasteiger charge is -2.17. The number of anilines is 1. The number of methoxy groups -OCH3 is 1. The zero-order chi connectivity index (χ0) is 18.0. The number of amides is 2. The molecule has 2 aromatic carbocycles. The summed E-state index contributed by atoms with van der Waals surface area (Å²) < 4.78 is 32.4. The van der Waals surface area contributed by atoms with Gasteiger partial charge in [-0.05, 0) is 36.4 Å². The number of hydrogen-bond acceptors (Lipinski definition) is 3. The van der Waals surface area contributed by atoms with Gasteiger partial charge in [-0.2, -0.15) is 0 Å². The summed E-state index contributed by atoms with van der Waals surface area (Å²) in [6.45, 7) is 0.229. The number of carbonyl (C=O) groups excluding carboxylic acids is 2. The Labute approximate surface area is 143 Å². The van der Waals surface area contributed by atoms with Crippen molar-refractivity contribution in [1.29, 1.82) is 0 Å². The molecule has 2 aromatic rings. The van der Waals surface area contributed by atoms with E-state index in [0.717, 1.165) is 12.1 Å². The highest BCUT2D eigenvalue weighted by Crippen LogP contribution is 2.24. The summed E-state index contributed by atoms with van der Waals surface area (Å²) in [5.74, 6) is -2.26. The molecule has 7 heteroatoms. The zero-order valence-corrected chi connectivity index (χ0v) is 13.5. The van der Waals surface area contributed by atoms with Crippen LogP contribution in [0.25, 0.3) is 0 Å². The number of halogens is 2. The van der Waals surface area contributed by atoms with E-state index in [1.165, 1.54) is 11.0 Å². The number of carbonyl (C=O) groups is 2. The summed E-state index contributed by atoms with van der Waals surface area (Å²) in [5.41, 5.74) is 0.0254. The number of rotatable bonds is 4. The Bertz CT molecular complexity index is 788. The van der Waals surface area contributed by atoms with Crippen LogP contribution in [0, 0.1) is 11.6 Å². The highest BCUT2D eigenvalue weighted by atomic mass is 19.1. The van der Waals surface area contributed by atoms with Crippen LogP contribution in [0.15, 0.2) is 42.5 Å². The normalized spacial score (nSPS) is 16.8. The summed E-state index contributed by atoms with van der Waals surface area (Å²) in [6, 6.07) is 9.61. The molecule has 0 unspecified atom stereocenters. The average Bonchev–Trinajstić information content (AvgIpc) is 2.95. The van der Waals surface area contributed by atoms with Gasteiger partial charge in [-0.1, -0.05) is 6.07 Å². The van der Waals surface area contributed by atoms with Gasteiger partial charge in [0.1, 0.15) is 22.9 Å².